The second kappa shape index (κ2) is 11.7. The van der Waals surface area contributed by atoms with Crippen molar-refractivity contribution in [2.45, 2.75) is 62.1 Å². The molecule has 248 valence electrons. The Balaban J connectivity index is 1.08. The number of halogens is 2. The van der Waals surface area contributed by atoms with Crippen LogP contribution in [-0.2, 0) is 50.4 Å². The zero-order valence-corrected chi connectivity index (χ0v) is 26.7. The fraction of sp³-hybridized carbons (Fsp3) is 0.542. The summed E-state index contributed by atoms with van der Waals surface area (Å²) in [5.41, 5.74) is 8.06. The van der Waals surface area contributed by atoms with Gasteiger partial charge in [-0.2, -0.15) is 5.10 Å². The molecule has 4 aromatic rings. The lowest BCUT2D eigenvalue weighted by molar-refractivity contribution is -0.0584. The van der Waals surface area contributed by atoms with E-state index in [1.54, 1.807) is 12.3 Å². The Hall–Kier alpha value is -2.71. The molecular weight excluding hydrogens is 685 g/mol. The highest BCUT2D eigenvalue weighted by atomic mass is 32.5. The van der Waals surface area contributed by atoms with Crippen LogP contribution in [0.2, 0.25) is 0 Å². The molecule has 47 heavy (non-hydrogen) atoms. The van der Waals surface area contributed by atoms with Crippen LogP contribution in [0.15, 0.2) is 24.9 Å². The molecule has 8 heterocycles. The monoisotopic (exact) mass is 711 g/mol. The third-order valence-electron chi connectivity index (χ3n) is 8.35. The van der Waals surface area contributed by atoms with Gasteiger partial charge in [-0.25, -0.2) is 33.4 Å². The molecule has 0 aliphatic carbocycles. The van der Waals surface area contributed by atoms with Gasteiger partial charge in [0.1, 0.15) is 36.3 Å². The second-order valence-corrected chi connectivity index (χ2v) is 15.7. The highest BCUT2D eigenvalue weighted by molar-refractivity contribution is 8.07. The smallest absolute Gasteiger partial charge is 0.325 e. The third-order valence-corrected chi connectivity index (χ3v) is 11.0. The molecule has 3 fully saturated rings. The van der Waals surface area contributed by atoms with E-state index < -0.39 is 76.6 Å². The summed E-state index contributed by atoms with van der Waals surface area (Å²) in [5, 5.41) is 8.65. The summed E-state index contributed by atoms with van der Waals surface area (Å²) >= 11 is 5.22. The first kappa shape index (κ1) is 31.6. The number of nitrogens with one attached hydrogen (secondary N) is 1. The normalized spacial score (nSPS) is 37.9. The number of anilines is 2. The van der Waals surface area contributed by atoms with Gasteiger partial charge in [-0.05, 0) is 30.7 Å². The van der Waals surface area contributed by atoms with E-state index in [1.165, 1.54) is 21.9 Å². The number of nitrogens with zero attached hydrogens (tertiary/aromatic N) is 7. The van der Waals surface area contributed by atoms with E-state index >= 15 is 8.78 Å². The number of ether oxygens (including phenoxy) is 2. The second-order valence-electron chi connectivity index (χ2n) is 11.3. The van der Waals surface area contributed by atoms with E-state index in [0.717, 1.165) is 24.0 Å². The van der Waals surface area contributed by atoms with Gasteiger partial charge >= 0.3 is 6.72 Å². The number of imidazole rings is 1. The van der Waals surface area contributed by atoms with Crippen molar-refractivity contribution in [1.82, 2.24) is 34.3 Å². The van der Waals surface area contributed by atoms with E-state index in [9.17, 15) is 9.46 Å². The molecule has 23 heteroatoms. The van der Waals surface area contributed by atoms with Crippen molar-refractivity contribution in [3.8, 4) is 0 Å². The molecule has 8 rings (SSSR count). The van der Waals surface area contributed by atoms with Crippen LogP contribution in [0.3, 0.4) is 0 Å². The maximum atomic E-state index is 16.3. The number of nitrogen functional groups attached to an aromatic ring is 1. The minimum absolute atomic E-state index is 0.0563. The molecule has 3 saturated heterocycles. The molecule has 4 aliphatic rings. The summed E-state index contributed by atoms with van der Waals surface area (Å²) in [6.07, 6.45) is -7.42. The first-order valence-electron chi connectivity index (χ1n) is 14.5. The Bertz CT molecular complexity index is 1960. The highest BCUT2D eigenvalue weighted by Crippen LogP contribution is 2.54. The topological polar surface area (TPSA) is 205 Å². The number of aryl methyl sites for hydroxylation is 1. The Kier molecular flexibility index (Phi) is 7.87. The lowest BCUT2D eigenvalue weighted by atomic mass is 10.1. The number of hydrogen-bond donors (Lipinski definition) is 3. The average molecular weight is 711 g/mol. The molecule has 4 unspecified atom stereocenters. The van der Waals surface area contributed by atoms with Crippen LogP contribution in [0.25, 0.3) is 22.2 Å². The first-order chi connectivity index (χ1) is 22.5. The molecule has 0 aromatic carbocycles. The lowest BCUT2D eigenvalue weighted by Crippen LogP contribution is -2.37. The summed E-state index contributed by atoms with van der Waals surface area (Å²) in [7, 11) is 1.34. The Morgan fingerprint density at radius 2 is 1.79 bits per heavy atom. The van der Waals surface area contributed by atoms with Crippen LogP contribution in [0.1, 0.15) is 24.6 Å². The number of fused-ring (bicyclic) bond motifs is 3. The van der Waals surface area contributed by atoms with Gasteiger partial charge in [0.25, 0.3) is 7.47 Å². The van der Waals surface area contributed by atoms with Gasteiger partial charge in [0.2, 0.25) is 7.57 Å². The van der Waals surface area contributed by atoms with Gasteiger partial charge in [-0.1, -0.05) is 0 Å². The maximum Gasteiger partial charge on any atom is 0.325 e. The molecule has 0 spiro atoms. The van der Waals surface area contributed by atoms with Crippen LogP contribution in [-0.4, -0.2) is 103 Å². The molecule has 2 radical (unpaired) electrons. The predicted molar refractivity (Wildman–Crippen MR) is 163 cm³/mol. The number of hydrogen-bond acceptors (Lipinski definition) is 15. The minimum Gasteiger partial charge on any atom is -0.384 e. The van der Waals surface area contributed by atoms with Gasteiger partial charge in [-0.15, -0.1) is 0 Å². The molecule has 4 N–H and O–H groups in total. The van der Waals surface area contributed by atoms with E-state index in [1.807, 2.05) is 0 Å². The molecular formula is C24H26BF2N9O8P2S. The lowest BCUT2D eigenvalue weighted by Gasteiger charge is -2.29. The zero-order valence-electron chi connectivity index (χ0n) is 24.1. The maximum absolute atomic E-state index is 16.3. The summed E-state index contributed by atoms with van der Waals surface area (Å²) in [6, 6.07) is 1.80. The zero-order chi connectivity index (χ0) is 32.7. The van der Waals surface area contributed by atoms with E-state index in [0.29, 0.717) is 17.8 Å². The van der Waals surface area contributed by atoms with Crippen molar-refractivity contribution in [3.63, 3.8) is 0 Å². The van der Waals surface area contributed by atoms with E-state index in [4.69, 9.17) is 52.7 Å². The molecule has 10 atom stereocenters. The Morgan fingerprint density at radius 3 is 2.62 bits per heavy atom. The van der Waals surface area contributed by atoms with Crippen LogP contribution in [0.4, 0.5) is 20.3 Å². The third kappa shape index (κ3) is 5.55. The number of rotatable bonds is 2. The van der Waals surface area contributed by atoms with Crippen LogP contribution < -0.4 is 11.1 Å². The van der Waals surface area contributed by atoms with E-state index in [-0.39, 0.29) is 17.0 Å². The number of aromatic nitrogens is 7. The fourth-order valence-electron chi connectivity index (χ4n) is 6.23. The van der Waals surface area contributed by atoms with Gasteiger partial charge in [0, 0.05) is 18.4 Å². The summed E-state index contributed by atoms with van der Waals surface area (Å²) in [5.74, 6) is 0.0563. The van der Waals surface area contributed by atoms with Crippen molar-refractivity contribution in [2.24, 2.45) is 0 Å². The standard InChI is InChI=1S/C24H26BF2N9O8P2S/c25-45(37)39-6-12-19(16(27)24(42-12)36-21-14-10(3-5-30-21)29-4-1-2-11(14)34-36)44-46(38,47)40-7-13-18(43-45)15(26)23(41-13)35-9-33-17-20(28)31-8-32-22(17)35/h3,5,8-9,12-13,15-16,18-19,23-24,29H,1-2,4,6-7H2,(H,38,47)(H2,28,31,32)/t12-,13-,15?,16+,18+,19?,23-,24-,45?,46?/m1/s1. The van der Waals surface area contributed by atoms with Gasteiger partial charge in [0.05, 0.1) is 30.6 Å². The van der Waals surface area contributed by atoms with Crippen LogP contribution >= 0.6 is 14.2 Å². The number of alkyl halides is 2. The van der Waals surface area contributed by atoms with Crippen molar-refractivity contribution in [2.75, 3.05) is 30.8 Å². The molecule has 4 aliphatic heterocycles. The molecule has 4 aromatic heterocycles. The fourth-order valence-corrected chi connectivity index (χ4v) is 8.67. The minimum atomic E-state index is -4.57. The SMILES string of the molecule is [B]P1(=O)OC[C@H]2O[C@@H](n3nc4c5c(ccnc53)NCCC4)[C@@H](F)C2OP(O)(=S)OC[C@H]2O[C@@H](n3cnc4c(N)ncnc43)C(F)[C@H]2O1. The van der Waals surface area contributed by atoms with Crippen molar-refractivity contribution in [3.05, 3.63) is 30.6 Å². The Morgan fingerprint density at radius 1 is 1.04 bits per heavy atom. The van der Waals surface area contributed by atoms with E-state index in [2.05, 4.69) is 30.4 Å². The highest BCUT2D eigenvalue weighted by Gasteiger charge is 2.54. The van der Waals surface area contributed by atoms with Crippen LogP contribution in [0.5, 0.6) is 0 Å². The summed E-state index contributed by atoms with van der Waals surface area (Å²) in [4.78, 5) is 27.5. The molecule has 17 nitrogen and oxygen atoms in total. The molecule has 0 saturated carbocycles. The van der Waals surface area contributed by atoms with Crippen molar-refractivity contribution in [1.29, 1.82) is 0 Å². The van der Waals surface area contributed by atoms with Crippen LogP contribution in [0, 0.1) is 0 Å². The average Bonchev–Trinajstić information content (AvgIpc) is 3.73. The largest absolute Gasteiger partial charge is 0.384 e. The summed E-state index contributed by atoms with van der Waals surface area (Å²) in [6.45, 7) is -4.79. The van der Waals surface area contributed by atoms with Gasteiger partial charge in [0.15, 0.2) is 41.9 Å². The number of nitrogens with two attached hydrogens (primary N) is 1. The Labute approximate surface area is 270 Å². The van der Waals surface area contributed by atoms with Gasteiger partial charge < -0.3 is 39.0 Å². The first-order valence-corrected chi connectivity index (χ1v) is 18.7. The predicted octanol–water partition coefficient (Wildman–Crippen LogP) is 1.99. The quantitative estimate of drug-likeness (QED) is 0.201. The molecule has 0 bridgehead atoms. The van der Waals surface area contributed by atoms with Crippen molar-refractivity contribution >= 4 is 67.3 Å². The summed E-state index contributed by atoms with van der Waals surface area (Å²) < 4.78 is 82.2. The van der Waals surface area contributed by atoms with Gasteiger partial charge in [-0.3, -0.25) is 13.7 Å². The number of pyridine rings is 1. The van der Waals surface area contributed by atoms with Crippen molar-refractivity contribution < 1.29 is 45.8 Å². The molecule has 0 amide bonds.